The molecule has 0 aromatic carbocycles. The molecule has 0 aliphatic carbocycles. The lowest BCUT2D eigenvalue weighted by atomic mass is 9.80. The van der Waals surface area contributed by atoms with Gasteiger partial charge in [-0.25, -0.2) is 0 Å². The standard InChI is InChI=1S/C14H28N2O/c1-13(2,3)11-9-12(17)16(10-11)8-7-15-14(4,5)6/h11,15H,7-10H2,1-6H3. The Morgan fingerprint density at radius 2 is 1.82 bits per heavy atom. The minimum atomic E-state index is 0.131. The van der Waals surface area contributed by atoms with Crippen LogP contribution in [0.25, 0.3) is 0 Å². The molecule has 1 unspecified atom stereocenters. The molecule has 0 radical (unpaired) electrons. The zero-order valence-electron chi connectivity index (χ0n) is 12.3. The summed E-state index contributed by atoms with van der Waals surface area (Å²) >= 11 is 0. The largest absolute Gasteiger partial charge is 0.341 e. The van der Waals surface area contributed by atoms with Crippen LogP contribution in [0.4, 0.5) is 0 Å². The summed E-state index contributed by atoms with van der Waals surface area (Å²) in [6.07, 6.45) is 0.721. The van der Waals surface area contributed by atoms with E-state index in [-0.39, 0.29) is 11.0 Å². The van der Waals surface area contributed by atoms with Gasteiger partial charge in [-0.15, -0.1) is 0 Å². The monoisotopic (exact) mass is 240 g/mol. The number of rotatable bonds is 3. The number of nitrogens with one attached hydrogen (secondary N) is 1. The average molecular weight is 240 g/mol. The van der Waals surface area contributed by atoms with E-state index in [9.17, 15) is 4.79 Å². The van der Waals surface area contributed by atoms with Gasteiger partial charge in [0.05, 0.1) is 0 Å². The van der Waals surface area contributed by atoms with Crippen LogP contribution in [0.2, 0.25) is 0 Å². The molecule has 0 aromatic rings. The summed E-state index contributed by atoms with van der Waals surface area (Å²) in [6, 6.07) is 0. The summed E-state index contributed by atoms with van der Waals surface area (Å²) in [5.41, 5.74) is 0.369. The molecule has 1 aliphatic heterocycles. The molecule has 1 heterocycles. The molecule has 3 nitrogen and oxygen atoms in total. The highest BCUT2D eigenvalue weighted by Crippen LogP contribution is 2.33. The van der Waals surface area contributed by atoms with Crippen LogP contribution in [-0.4, -0.2) is 36.0 Å². The van der Waals surface area contributed by atoms with E-state index in [1.54, 1.807) is 0 Å². The summed E-state index contributed by atoms with van der Waals surface area (Å²) in [5.74, 6) is 0.824. The number of hydrogen-bond acceptors (Lipinski definition) is 2. The van der Waals surface area contributed by atoms with Crippen molar-refractivity contribution in [2.75, 3.05) is 19.6 Å². The fourth-order valence-corrected chi connectivity index (χ4v) is 2.13. The van der Waals surface area contributed by atoms with Crippen molar-refractivity contribution in [2.24, 2.45) is 11.3 Å². The molecule has 3 heteroatoms. The average Bonchev–Trinajstić information content (AvgIpc) is 2.45. The van der Waals surface area contributed by atoms with Gasteiger partial charge >= 0.3 is 0 Å². The number of carbonyl (C=O) groups is 1. The van der Waals surface area contributed by atoms with Crippen LogP contribution in [-0.2, 0) is 4.79 Å². The van der Waals surface area contributed by atoms with Crippen LogP contribution < -0.4 is 5.32 Å². The summed E-state index contributed by atoms with van der Waals surface area (Å²) in [5, 5.41) is 3.43. The molecule has 100 valence electrons. The molecular formula is C14H28N2O. The van der Waals surface area contributed by atoms with E-state index in [0.29, 0.717) is 11.8 Å². The van der Waals surface area contributed by atoms with Gasteiger partial charge < -0.3 is 10.2 Å². The van der Waals surface area contributed by atoms with Crippen molar-refractivity contribution < 1.29 is 4.79 Å². The molecule has 1 fully saturated rings. The molecule has 1 rings (SSSR count). The molecule has 1 amide bonds. The maximum absolute atomic E-state index is 11.9. The van der Waals surface area contributed by atoms with Crippen LogP contribution in [0, 0.1) is 11.3 Å². The van der Waals surface area contributed by atoms with Gasteiger partial charge in [-0.05, 0) is 32.1 Å². The van der Waals surface area contributed by atoms with Gasteiger partial charge in [0.1, 0.15) is 0 Å². The second kappa shape index (κ2) is 4.97. The minimum Gasteiger partial charge on any atom is -0.341 e. The molecule has 1 atom stereocenters. The summed E-state index contributed by atoms with van der Waals surface area (Å²) in [7, 11) is 0. The molecule has 1 N–H and O–H groups in total. The highest BCUT2D eigenvalue weighted by molar-refractivity contribution is 5.78. The number of carbonyl (C=O) groups excluding carboxylic acids is 1. The molecular weight excluding hydrogens is 212 g/mol. The smallest absolute Gasteiger partial charge is 0.222 e. The zero-order valence-corrected chi connectivity index (χ0v) is 12.3. The van der Waals surface area contributed by atoms with Gasteiger partial charge in [0.2, 0.25) is 5.91 Å². The molecule has 1 saturated heterocycles. The van der Waals surface area contributed by atoms with E-state index in [1.807, 2.05) is 4.90 Å². The van der Waals surface area contributed by atoms with E-state index >= 15 is 0 Å². The van der Waals surface area contributed by atoms with E-state index < -0.39 is 0 Å². The molecule has 0 aromatic heterocycles. The molecule has 17 heavy (non-hydrogen) atoms. The summed E-state index contributed by atoms with van der Waals surface area (Å²) in [4.78, 5) is 13.9. The molecule has 1 aliphatic rings. The maximum Gasteiger partial charge on any atom is 0.222 e. The Morgan fingerprint density at radius 3 is 2.24 bits per heavy atom. The topological polar surface area (TPSA) is 32.3 Å². The Bertz CT molecular complexity index is 273. The van der Waals surface area contributed by atoms with E-state index in [1.165, 1.54) is 0 Å². The lowest BCUT2D eigenvalue weighted by Crippen LogP contribution is -2.42. The zero-order chi connectivity index (χ0) is 13.3. The highest BCUT2D eigenvalue weighted by atomic mass is 16.2. The van der Waals surface area contributed by atoms with Crippen LogP contribution in [0.1, 0.15) is 48.0 Å². The van der Waals surface area contributed by atoms with Crippen molar-refractivity contribution >= 4 is 5.91 Å². The summed E-state index contributed by atoms with van der Waals surface area (Å²) in [6.45, 7) is 15.8. The maximum atomic E-state index is 11.9. The fourth-order valence-electron chi connectivity index (χ4n) is 2.13. The number of nitrogens with zero attached hydrogens (tertiary/aromatic N) is 1. The second-order valence-electron chi connectivity index (χ2n) is 7.28. The van der Waals surface area contributed by atoms with Gasteiger partial charge in [-0.3, -0.25) is 4.79 Å². The van der Waals surface area contributed by atoms with Crippen molar-refractivity contribution in [1.29, 1.82) is 0 Å². The van der Waals surface area contributed by atoms with Gasteiger partial charge in [0.25, 0.3) is 0 Å². The highest BCUT2D eigenvalue weighted by Gasteiger charge is 2.36. The Labute approximate surface area is 106 Å². The number of amides is 1. The van der Waals surface area contributed by atoms with Crippen molar-refractivity contribution in [3.8, 4) is 0 Å². The van der Waals surface area contributed by atoms with Crippen molar-refractivity contribution in [1.82, 2.24) is 10.2 Å². The van der Waals surface area contributed by atoms with Gasteiger partial charge in [-0.2, -0.15) is 0 Å². The fraction of sp³-hybridized carbons (Fsp3) is 0.929. The van der Waals surface area contributed by atoms with Crippen LogP contribution in [0.5, 0.6) is 0 Å². The predicted octanol–water partition coefficient (Wildman–Crippen LogP) is 2.27. The normalized spacial score (nSPS) is 22.4. The molecule has 0 bridgehead atoms. The van der Waals surface area contributed by atoms with Crippen molar-refractivity contribution in [3.63, 3.8) is 0 Å². The van der Waals surface area contributed by atoms with E-state index in [2.05, 4.69) is 46.9 Å². The van der Waals surface area contributed by atoms with Gasteiger partial charge in [0, 0.05) is 31.6 Å². The van der Waals surface area contributed by atoms with Crippen molar-refractivity contribution in [3.05, 3.63) is 0 Å². The third-order valence-electron chi connectivity index (χ3n) is 3.48. The Morgan fingerprint density at radius 1 is 1.24 bits per heavy atom. The Kier molecular flexibility index (Phi) is 4.23. The van der Waals surface area contributed by atoms with Crippen LogP contribution >= 0.6 is 0 Å². The van der Waals surface area contributed by atoms with E-state index in [4.69, 9.17) is 0 Å². The lowest BCUT2D eigenvalue weighted by Gasteiger charge is -2.27. The summed E-state index contributed by atoms with van der Waals surface area (Å²) < 4.78 is 0. The first-order valence-corrected chi connectivity index (χ1v) is 6.62. The minimum absolute atomic E-state index is 0.131. The quantitative estimate of drug-likeness (QED) is 0.821. The van der Waals surface area contributed by atoms with Gasteiger partial charge in [0.15, 0.2) is 0 Å². The van der Waals surface area contributed by atoms with Gasteiger partial charge in [-0.1, -0.05) is 20.8 Å². The molecule has 0 saturated carbocycles. The third kappa shape index (κ3) is 4.66. The molecule has 0 spiro atoms. The number of likely N-dealkylation sites (tertiary alicyclic amines) is 1. The third-order valence-corrected chi connectivity index (χ3v) is 3.48. The first-order valence-electron chi connectivity index (χ1n) is 6.62. The van der Waals surface area contributed by atoms with Crippen molar-refractivity contribution in [2.45, 2.75) is 53.5 Å². The van der Waals surface area contributed by atoms with E-state index in [0.717, 1.165) is 26.1 Å². The first-order chi connectivity index (χ1) is 7.59. The SMILES string of the molecule is CC(C)(C)NCCN1CC(C(C)(C)C)CC1=O. The Hall–Kier alpha value is -0.570. The van der Waals surface area contributed by atoms with Crippen LogP contribution in [0.15, 0.2) is 0 Å². The first kappa shape index (κ1) is 14.5. The Balaban J connectivity index is 2.39. The number of hydrogen-bond donors (Lipinski definition) is 1. The van der Waals surface area contributed by atoms with Crippen LogP contribution in [0.3, 0.4) is 0 Å². The lowest BCUT2D eigenvalue weighted by molar-refractivity contribution is -0.127. The second-order valence-corrected chi connectivity index (χ2v) is 7.28. The predicted molar refractivity (Wildman–Crippen MR) is 71.9 cm³/mol.